The summed E-state index contributed by atoms with van der Waals surface area (Å²) in [5.41, 5.74) is 0. The van der Waals surface area contributed by atoms with E-state index in [1.165, 1.54) is 44.5 Å². The first-order valence-corrected chi connectivity index (χ1v) is 7.79. The van der Waals surface area contributed by atoms with E-state index in [4.69, 9.17) is 0 Å². The molecular weight excluding hydrogens is 202 g/mol. The third-order valence-electron chi connectivity index (χ3n) is 2.63. The van der Waals surface area contributed by atoms with Gasteiger partial charge in [-0.1, -0.05) is 20.8 Å². The maximum atomic E-state index is 3.56. The van der Waals surface area contributed by atoms with Crippen molar-refractivity contribution in [1.29, 1.82) is 0 Å². The Morgan fingerprint density at radius 1 is 1.27 bits per heavy atom. The predicted octanol–water partition coefficient (Wildman–Crippen LogP) is 3.79. The number of hydrogen-bond acceptors (Lipinski definition) is 2. The molecule has 0 saturated heterocycles. The molecule has 0 spiro atoms. The number of nitrogens with one attached hydrogen (secondary N) is 1. The van der Waals surface area contributed by atoms with Crippen LogP contribution in [-0.2, 0) is 0 Å². The Morgan fingerprint density at radius 3 is 2.53 bits per heavy atom. The minimum atomic E-state index is 0.840. The van der Waals surface area contributed by atoms with Gasteiger partial charge in [-0.05, 0) is 62.6 Å². The summed E-state index contributed by atoms with van der Waals surface area (Å²) in [5, 5.41) is 3.56. The minimum Gasteiger partial charge on any atom is -0.316 e. The van der Waals surface area contributed by atoms with Gasteiger partial charge in [-0.2, -0.15) is 11.8 Å². The van der Waals surface area contributed by atoms with Gasteiger partial charge in [-0.3, -0.25) is 0 Å². The molecule has 0 rings (SSSR count). The van der Waals surface area contributed by atoms with E-state index in [9.17, 15) is 0 Å². The van der Waals surface area contributed by atoms with Crippen LogP contribution in [0.15, 0.2) is 0 Å². The summed E-state index contributed by atoms with van der Waals surface area (Å²) in [6, 6.07) is 0. The van der Waals surface area contributed by atoms with Crippen LogP contribution in [-0.4, -0.2) is 25.1 Å². The van der Waals surface area contributed by atoms with E-state index in [0.717, 1.165) is 11.8 Å². The van der Waals surface area contributed by atoms with Crippen LogP contribution in [0.4, 0.5) is 0 Å². The highest BCUT2D eigenvalue weighted by Crippen LogP contribution is 2.17. The molecule has 1 atom stereocenters. The Balaban J connectivity index is 3.63. The Morgan fingerprint density at radius 2 is 2.00 bits per heavy atom. The number of thioether (sulfide) groups is 1. The Hall–Kier alpha value is 0.310. The van der Waals surface area contributed by atoms with Crippen LogP contribution in [0.5, 0.6) is 0 Å². The highest BCUT2D eigenvalue weighted by Gasteiger charge is 2.09. The second kappa shape index (κ2) is 10.8. The largest absolute Gasteiger partial charge is 0.316 e. The van der Waals surface area contributed by atoms with Crippen LogP contribution in [0.1, 0.15) is 46.5 Å². The maximum absolute atomic E-state index is 3.56. The van der Waals surface area contributed by atoms with Crippen LogP contribution >= 0.6 is 11.8 Å². The molecule has 0 amide bonds. The summed E-state index contributed by atoms with van der Waals surface area (Å²) in [6.45, 7) is 9.30. The van der Waals surface area contributed by atoms with Gasteiger partial charge in [0.15, 0.2) is 0 Å². The molecule has 15 heavy (non-hydrogen) atoms. The number of rotatable bonds is 10. The first-order valence-electron chi connectivity index (χ1n) is 6.40. The molecule has 0 bridgehead atoms. The molecular formula is C13H29NS. The van der Waals surface area contributed by atoms with Crippen LogP contribution in [0.25, 0.3) is 0 Å². The van der Waals surface area contributed by atoms with Crippen LogP contribution < -0.4 is 5.32 Å². The summed E-state index contributed by atoms with van der Waals surface area (Å²) >= 11 is 1.97. The summed E-state index contributed by atoms with van der Waals surface area (Å²) in [7, 11) is 0. The summed E-state index contributed by atoms with van der Waals surface area (Å²) in [4.78, 5) is 0. The highest BCUT2D eigenvalue weighted by molar-refractivity contribution is 7.98. The smallest absolute Gasteiger partial charge is 0.00204 e. The molecule has 0 aliphatic rings. The van der Waals surface area contributed by atoms with Crippen molar-refractivity contribution in [3.05, 3.63) is 0 Å². The minimum absolute atomic E-state index is 0.840. The van der Waals surface area contributed by atoms with E-state index in [1.54, 1.807) is 0 Å². The second-order valence-corrected chi connectivity index (χ2v) is 5.82. The molecule has 0 aromatic carbocycles. The average Bonchev–Trinajstić information content (AvgIpc) is 2.17. The molecule has 0 saturated carbocycles. The van der Waals surface area contributed by atoms with Crippen molar-refractivity contribution < 1.29 is 0 Å². The van der Waals surface area contributed by atoms with Crippen molar-refractivity contribution >= 4 is 11.8 Å². The van der Waals surface area contributed by atoms with E-state index in [2.05, 4.69) is 32.3 Å². The van der Waals surface area contributed by atoms with Gasteiger partial charge < -0.3 is 5.32 Å². The quantitative estimate of drug-likeness (QED) is 0.574. The van der Waals surface area contributed by atoms with Crippen LogP contribution in [0.2, 0.25) is 0 Å². The molecule has 0 aromatic rings. The zero-order chi connectivity index (χ0) is 11.5. The van der Waals surface area contributed by atoms with Gasteiger partial charge >= 0.3 is 0 Å². The molecule has 2 heteroatoms. The standard InChI is InChI=1S/C13H29NS/c1-5-8-14-11-13(10-12(2)3)7-6-9-15-4/h12-14H,5-11H2,1-4H3. The van der Waals surface area contributed by atoms with Crippen molar-refractivity contribution in [2.45, 2.75) is 46.5 Å². The van der Waals surface area contributed by atoms with Gasteiger partial charge in [0.05, 0.1) is 0 Å². The normalized spacial score (nSPS) is 13.4. The lowest BCUT2D eigenvalue weighted by molar-refractivity contribution is 0.365. The van der Waals surface area contributed by atoms with Crippen molar-refractivity contribution in [1.82, 2.24) is 5.32 Å². The maximum Gasteiger partial charge on any atom is -0.00204 e. The monoisotopic (exact) mass is 231 g/mol. The highest BCUT2D eigenvalue weighted by atomic mass is 32.2. The van der Waals surface area contributed by atoms with E-state index < -0.39 is 0 Å². The van der Waals surface area contributed by atoms with Crippen molar-refractivity contribution in [3.8, 4) is 0 Å². The van der Waals surface area contributed by atoms with E-state index >= 15 is 0 Å². The Labute approximate surface area is 101 Å². The van der Waals surface area contributed by atoms with E-state index in [0.29, 0.717) is 0 Å². The van der Waals surface area contributed by atoms with Gasteiger partial charge in [0.1, 0.15) is 0 Å². The van der Waals surface area contributed by atoms with Crippen molar-refractivity contribution in [2.24, 2.45) is 11.8 Å². The van der Waals surface area contributed by atoms with E-state index in [-0.39, 0.29) is 0 Å². The molecule has 1 unspecified atom stereocenters. The third kappa shape index (κ3) is 10.6. The van der Waals surface area contributed by atoms with Gasteiger partial charge in [0, 0.05) is 0 Å². The lowest BCUT2D eigenvalue weighted by Crippen LogP contribution is -2.24. The Bertz CT molecular complexity index is 116. The van der Waals surface area contributed by atoms with Gasteiger partial charge in [-0.15, -0.1) is 0 Å². The van der Waals surface area contributed by atoms with Crippen molar-refractivity contribution in [3.63, 3.8) is 0 Å². The lowest BCUT2D eigenvalue weighted by atomic mass is 9.93. The fraction of sp³-hybridized carbons (Fsp3) is 1.00. The summed E-state index contributed by atoms with van der Waals surface area (Å²) in [6.07, 6.45) is 7.61. The second-order valence-electron chi connectivity index (χ2n) is 4.83. The molecule has 0 aliphatic carbocycles. The Kier molecular flexibility index (Phi) is 11.0. The first kappa shape index (κ1) is 15.3. The molecule has 0 aliphatic heterocycles. The zero-order valence-electron chi connectivity index (χ0n) is 11.0. The van der Waals surface area contributed by atoms with Crippen molar-refractivity contribution in [2.75, 3.05) is 25.1 Å². The van der Waals surface area contributed by atoms with Crippen LogP contribution in [0, 0.1) is 11.8 Å². The summed E-state index contributed by atoms with van der Waals surface area (Å²) in [5.74, 6) is 3.05. The fourth-order valence-corrected chi connectivity index (χ4v) is 2.42. The molecule has 1 nitrogen and oxygen atoms in total. The number of hydrogen-bond donors (Lipinski definition) is 1. The first-order chi connectivity index (χ1) is 7.20. The van der Waals surface area contributed by atoms with E-state index in [1.807, 2.05) is 11.8 Å². The lowest BCUT2D eigenvalue weighted by Gasteiger charge is -2.19. The van der Waals surface area contributed by atoms with Gasteiger partial charge in [-0.25, -0.2) is 0 Å². The zero-order valence-corrected chi connectivity index (χ0v) is 11.8. The summed E-state index contributed by atoms with van der Waals surface area (Å²) < 4.78 is 0. The molecule has 0 radical (unpaired) electrons. The molecule has 0 fully saturated rings. The molecule has 0 aromatic heterocycles. The van der Waals surface area contributed by atoms with Gasteiger partial charge in [0.25, 0.3) is 0 Å². The van der Waals surface area contributed by atoms with Gasteiger partial charge in [0.2, 0.25) is 0 Å². The molecule has 1 N–H and O–H groups in total. The third-order valence-corrected chi connectivity index (χ3v) is 3.32. The average molecular weight is 231 g/mol. The predicted molar refractivity (Wildman–Crippen MR) is 73.7 cm³/mol. The molecule has 92 valence electrons. The SMILES string of the molecule is CCCNCC(CCCSC)CC(C)C. The fourth-order valence-electron chi connectivity index (χ4n) is 1.97. The van der Waals surface area contributed by atoms with Crippen LogP contribution in [0.3, 0.4) is 0 Å². The molecule has 0 heterocycles. The topological polar surface area (TPSA) is 12.0 Å².